The third-order valence-corrected chi connectivity index (χ3v) is 4.80. The number of hydrogen-bond acceptors (Lipinski definition) is 3. The Labute approximate surface area is 195 Å². The molecule has 0 bridgehead atoms. The van der Waals surface area contributed by atoms with E-state index in [0.717, 1.165) is 11.1 Å². The first-order valence-corrected chi connectivity index (χ1v) is 10.3. The minimum absolute atomic E-state index is 0.0873. The number of rotatable bonds is 5. The number of halogens is 2. The molecular weight excluding hydrogens is 449 g/mol. The van der Waals surface area contributed by atoms with Crippen molar-refractivity contribution >= 4 is 58.2 Å². The van der Waals surface area contributed by atoms with Gasteiger partial charge in [-0.3, -0.25) is 14.9 Å². The minimum atomic E-state index is -0.569. The summed E-state index contributed by atoms with van der Waals surface area (Å²) in [6.07, 6.45) is 3.07. The lowest BCUT2D eigenvalue weighted by Gasteiger charge is -2.10. The summed E-state index contributed by atoms with van der Waals surface area (Å²) in [7, 11) is 0. The molecule has 0 atom stereocenters. The van der Waals surface area contributed by atoms with E-state index in [1.54, 1.807) is 30.3 Å². The van der Waals surface area contributed by atoms with Gasteiger partial charge in [0.1, 0.15) is 5.82 Å². The van der Waals surface area contributed by atoms with E-state index < -0.39 is 11.7 Å². The lowest BCUT2D eigenvalue weighted by atomic mass is 10.1. The molecule has 3 N–H and O–H groups in total. The summed E-state index contributed by atoms with van der Waals surface area (Å²) in [5, 5.41) is 8.07. The van der Waals surface area contributed by atoms with Crippen LogP contribution in [0.15, 0.2) is 72.8 Å². The molecule has 0 unspecified atom stereocenters. The van der Waals surface area contributed by atoms with E-state index >= 15 is 0 Å². The van der Waals surface area contributed by atoms with Gasteiger partial charge in [-0.2, -0.15) is 0 Å². The summed E-state index contributed by atoms with van der Waals surface area (Å²) >= 11 is 10.9. The van der Waals surface area contributed by atoms with E-state index in [9.17, 15) is 14.0 Å². The molecule has 2 amide bonds. The van der Waals surface area contributed by atoms with Crippen LogP contribution in [0.25, 0.3) is 6.08 Å². The third kappa shape index (κ3) is 6.73. The van der Waals surface area contributed by atoms with Crippen molar-refractivity contribution in [2.24, 2.45) is 0 Å². The van der Waals surface area contributed by atoms with Crippen molar-refractivity contribution in [3.63, 3.8) is 0 Å². The van der Waals surface area contributed by atoms with Crippen molar-refractivity contribution < 1.29 is 14.0 Å². The highest BCUT2D eigenvalue weighted by Gasteiger charge is 2.09. The van der Waals surface area contributed by atoms with Crippen molar-refractivity contribution in [3.8, 4) is 0 Å². The zero-order chi connectivity index (χ0) is 23.1. The van der Waals surface area contributed by atoms with Gasteiger partial charge in [-0.15, -0.1) is 0 Å². The van der Waals surface area contributed by atoms with Crippen molar-refractivity contribution in [1.29, 1.82) is 0 Å². The molecule has 3 aromatic carbocycles. The van der Waals surface area contributed by atoms with E-state index in [-0.39, 0.29) is 16.0 Å². The SMILES string of the molecule is Cc1ccc(/C=C/C(=O)NC(=S)Nc2cccc(C(=O)Nc3ccc(F)c(Cl)c3)c2)cc1. The Bertz CT molecular complexity index is 1200. The van der Waals surface area contributed by atoms with Crippen molar-refractivity contribution in [2.45, 2.75) is 6.92 Å². The van der Waals surface area contributed by atoms with Crippen LogP contribution in [0.2, 0.25) is 5.02 Å². The fourth-order valence-corrected chi connectivity index (χ4v) is 3.08. The molecule has 32 heavy (non-hydrogen) atoms. The monoisotopic (exact) mass is 467 g/mol. The molecule has 0 aliphatic rings. The average molecular weight is 468 g/mol. The molecule has 0 fully saturated rings. The molecule has 0 aliphatic carbocycles. The first-order valence-electron chi connectivity index (χ1n) is 9.53. The first-order chi connectivity index (χ1) is 15.3. The maximum atomic E-state index is 13.3. The zero-order valence-electron chi connectivity index (χ0n) is 17.0. The van der Waals surface area contributed by atoms with Crippen LogP contribution < -0.4 is 16.0 Å². The van der Waals surface area contributed by atoms with E-state index in [0.29, 0.717) is 16.9 Å². The molecule has 0 saturated heterocycles. The highest BCUT2D eigenvalue weighted by molar-refractivity contribution is 7.80. The van der Waals surface area contributed by atoms with Crippen LogP contribution >= 0.6 is 23.8 Å². The molecular formula is C24H19ClFN3O2S. The van der Waals surface area contributed by atoms with Gasteiger partial charge in [-0.1, -0.05) is 47.5 Å². The van der Waals surface area contributed by atoms with Crippen LogP contribution in [0.1, 0.15) is 21.5 Å². The summed E-state index contributed by atoms with van der Waals surface area (Å²) < 4.78 is 13.3. The zero-order valence-corrected chi connectivity index (χ0v) is 18.6. The van der Waals surface area contributed by atoms with Gasteiger partial charge in [0.2, 0.25) is 5.91 Å². The highest BCUT2D eigenvalue weighted by Crippen LogP contribution is 2.20. The largest absolute Gasteiger partial charge is 0.332 e. The predicted molar refractivity (Wildman–Crippen MR) is 130 cm³/mol. The van der Waals surface area contributed by atoms with Gasteiger partial charge in [-0.25, -0.2) is 4.39 Å². The highest BCUT2D eigenvalue weighted by atomic mass is 35.5. The molecule has 0 saturated carbocycles. The number of carbonyl (C=O) groups is 2. The van der Waals surface area contributed by atoms with Crippen molar-refractivity contribution in [2.75, 3.05) is 10.6 Å². The Hall–Kier alpha value is -3.55. The molecule has 0 radical (unpaired) electrons. The van der Waals surface area contributed by atoms with Gasteiger partial charge in [0.05, 0.1) is 5.02 Å². The van der Waals surface area contributed by atoms with Gasteiger partial charge in [0, 0.05) is 23.0 Å². The minimum Gasteiger partial charge on any atom is -0.332 e. The number of thiocarbonyl (C=S) groups is 1. The average Bonchev–Trinajstić information content (AvgIpc) is 2.76. The maximum absolute atomic E-state index is 13.3. The van der Waals surface area contributed by atoms with E-state index in [4.69, 9.17) is 23.8 Å². The Kier molecular flexibility index (Phi) is 7.70. The molecule has 0 aromatic heterocycles. The fourth-order valence-electron chi connectivity index (χ4n) is 2.68. The second kappa shape index (κ2) is 10.7. The van der Waals surface area contributed by atoms with Crippen LogP contribution in [0.3, 0.4) is 0 Å². The third-order valence-electron chi connectivity index (χ3n) is 4.30. The van der Waals surface area contributed by atoms with Crippen LogP contribution in [0.5, 0.6) is 0 Å². The van der Waals surface area contributed by atoms with Gasteiger partial charge in [-0.05, 0) is 67.2 Å². The Morgan fingerprint density at radius 1 is 0.969 bits per heavy atom. The molecule has 5 nitrogen and oxygen atoms in total. The molecule has 3 aromatic rings. The molecule has 0 spiro atoms. The number of anilines is 2. The summed E-state index contributed by atoms with van der Waals surface area (Å²) in [6.45, 7) is 1.99. The number of benzene rings is 3. The fraction of sp³-hybridized carbons (Fsp3) is 0.0417. The second-order valence-corrected chi connectivity index (χ2v) is 7.67. The van der Waals surface area contributed by atoms with Crippen LogP contribution in [-0.4, -0.2) is 16.9 Å². The number of carbonyl (C=O) groups excluding carboxylic acids is 2. The summed E-state index contributed by atoms with van der Waals surface area (Å²) in [5.41, 5.74) is 3.24. The predicted octanol–water partition coefficient (Wildman–Crippen LogP) is 5.57. The standard InChI is InChI=1S/C24H19ClFN3O2S/c1-15-5-7-16(8-6-15)9-12-22(30)29-24(32)28-18-4-2-3-17(13-18)23(31)27-19-10-11-21(26)20(25)14-19/h2-14H,1H3,(H,27,31)(H2,28,29,30,32)/b12-9+. The van der Waals surface area contributed by atoms with Crippen molar-refractivity contribution in [1.82, 2.24) is 5.32 Å². The van der Waals surface area contributed by atoms with Crippen molar-refractivity contribution in [3.05, 3.63) is 100 Å². The topological polar surface area (TPSA) is 70.2 Å². The quantitative estimate of drug-likeness (QED) is 0.339. The molecule has 3 rings (SSSR count). The maximum Gasteiger partial charge on any atom is 0.255 e. The number of hydrogen-bond donors (Lipinski definition) is 3. The summed E-state index contributed by atoms with van der Waals surface area (Å²) in [4.78, 5) is 24.6. The van der Waals surface area contributed by atoms with Gasteiger partial charge >= 0.3 is 0 Å². The number of aryl methyl sites for hydroxylation is 1. The van der Waals surface area contributed by atoms with Gasteiger partial charge in [0.25, 0.3) is 5.91 Å². The normalized spacial score (nSPS) is 10.6. The van der Waals surface area contributed by atoms with Crippen LogP contribution in [-0.2, 0) is 4.79 Å². The summed E-state index contributed by atoms with van der Waals surface area (Å²) in [6, 6.07) is 18.2. The molecule has 162 valence electrons. The van der Waals surface area contributed by atoms with E-state index in [1.807, 2.05) is 31.2 Å². The number of amides is 2. The Morgan fingerprint density at radius 3 is 2.41 bits per heavy atom. The Morgan fingerprint density at radius 2 is 1.69 bits per heavy atom. The van der Waals surface area contributed by atoms with E-state index in [1.165, 1.54) is 24.3 Å². The Balaban J connectivity index is 1.57. The number of nitrogens with one attached hydrogen (secondary N) is 3. The summed E-state index contributed by atoms with van der Waals surface area (Å²) in [5.74, 6) is -1.36. The molecule has 0 heterocycles. The first kappa shape index (κ1) is 23.1. The van der Waals surface area contributed by atoms with Crippen LogP contribution in [0, 0.1) is 12.7 Å². The van der Waals surface area contributed by atoms with E-state index in [2.05, 4.69) is 16.0 Å². The van der Waals surface area contributed by atoms with Crippen LogP contribution in [0.4, 0.5) is 15.8 Å². The second-order valence-electron chi connectivity index (χ2n) is 6.85. The molecule has 8 heteroatoms. The smallest absolute Gasteiger partial charge is 0.255 e. The van der Waals surface area contributed by atoms with Gasteiger partial charge in [0.15, 0.2) is 5.11 Å². The lowest BCUT2D eigenvalue weighted by molar-refractivity contribution is -0.115. The lowest BCUT2D eigenvalue weighted by Crippen LogP contribution is -2.32. The molecule has 0 aliphatic heterocycles. The van der Waals surface area contributed by atoms with Gasteiger partial charge < -0.3 is 10.6 Å².